The number of allylic oxidation sites excluding steroid dienone is 4. The van der Waals surface area contributed by atoms with Crippen LogP contribution in [0.4, 0.5) is 0 Å². The molecule has 1 spiro atoms. The lowest BCUT2D eigenvalue weighted by molar-refractivity contribution is 0.233. The summed E-state index contributed by atoms with van der Waals surface area (Å²) in [5.74, 6) is 0.957. The third-order valence-corrected chi connectivity index (χ3v) is 14.1. The molecule has 0 bridgehead atoms. The van der Waals surface area contributed by atoms with Gasteiger partial charge in [-0.1, -0.05) is 203 Å². The molecule has 1 heterocycles. The third-order valence-electron chi connectivity index (χ3n) is 14.1. The van der Waals surface area contributed by atoms with Crippen LogP contribution in [-0.4, -0.2) is 5.71 Å². The van der Waals surface area contributed by atoms with Crippen molar-refractivity contribution in [2.24, 2.45) is 10.9 Å². The van der Waals surface area contributed by atoms with Gasteiger partial charge in [-0.15, -0.1) is 0 Å². The fraction of sp³-hybridized carbons (Fsp3) is 0.218. The molecule has 2 nitrogen and oxygen atoms in total. The molecule has 57 heavy (non-hydrogen) atoms. The van der Waals surface area contributed by atoms with Crippen LogP contribution in [0.25, 0.3) is 28.1 Å². The molecular formula is C55H48N2. The lowest BCUT2D eigenvalue weighted by Crippen LogP contribution is -2.35. The van der Waals surface area contributed by atoms with Crippen LogP contribution >= 0.6 is 0 Å². The summed E-state index contributed by atoms with van der Waals surface area (Å²) >= 11 is 0. The van der Waals surface area contributed by atoms with Crippen molar-refractivity contribution >= 4 is 22.7 Å². The molecule has 0 radical (unpaired) electrons. The van der Waals surface area contributed by atoms with Gasteiger partial charge in [-0.2, -0.15) is 0 Å². The highest BCUT2D eigenvalue weighted by Gasteiger charge is 2.54. The van der Waals surface area contributed by atoms with E-state index < -0.39 is 0 Å². The van der Waals surface area contributed by atoms with E-state index in [2.05, 4.69) is 189 Å². The van der Waals surface area contributed by atoms with Gasteiger partial charge in [-0.05, 0) is 80.0 Å². The summed E-state index contributed by atoms with van der Waals surface area (Å²) < 4.78 is 0. The molecule has 1 N–H and O–H groups in total. The minimum Gasteiger partial charge on any atom is -0.370 e. The molecule has 3 atom stereocenters. The summed E-state index contributed by atoms with van der Waals surface area (Å²) in [7, 11) is 0. The standard InChI is InChI=1S/C55H48N2/c1-54(2)46-27-17-25-41(49(46)44-35-48-43(34-47(44)54)42-24-13-14-26-45(42)55(48)32-15-6-16-33-55)36-28-30-40(31-29-36)53-52(39-22-11-5-12-23-39)56-50(37-18-7-3-8-19-37)51(57-53)38-20-9-4-10-21-38/h3-5,7-14,17-31,34-35,43,48,50,56H,6,15-16,32-33H2,1-2H3. The molecule has 4 aliphatic carbocycles. The van der Waals surface area contributed by atoms with Crippen molar-refractivity contribution in [1.82, 2.24) is 5.32 Å². The summed E-state index contributed by atoms with van der Waals surface area (Å²) in [5, 5.41) is 3.99. The smallest absolute Gasteiger partial charge is 0.0947 e. The third kappa shape index (κ3) is 5.33. The van der Waals surface area contributed by atoms with Gasteiger partial charge in [0.1, 0.15) is 0 Å². The van der Waals surface area contributed by atoms with Gasteiger partial charge in [0.15, 0.2) is 0 Å². The minimum atomic E-state index is -0.0897. The summed E-state index contributed by atoms with van der Waals surface area (Å²) in [6.45, 7) is 4.89. The topological polar surface area (TPSA) is 24.4 Å². The Hall–Kier alpha value is -5.99. The van der Waals surface area contributed by atoms with E-state index in [0.717, 1.165) is 33.8 Å². The minimum absolute atomic E-state index is 0.0691. The second kappa shape index (κ2) is 13.3. The Morgan fingerprint density at radius 3 is 1.93 bits per heavy atom. The molecule has 1 aliphatic heterocycles. The van der Waals surface area contributed by atoms with Gasteiger partial charge in [-0.25, -0.2) is 4.99 Å². The Kier molecular flexibility index (Phi) is 8.00. The molecule has 278 valence electrons. The maximum atomic E-state index is 5.58. The SMILES string of the molecule is CC1(C)C2=CC3c4ccccc4C4(CCCCC4)C3C=C2c2c(-c3ccc(C4=C(c5ccccc5)NC(c5ccccc5)C(c5ccccc5)=N4)cc3)cccc21. The molecular weight excluding hydrogens is 689 g/mol. The molecule has 3 unspecified atom stereocenters. The highest BCUT2D eigenvalue weighted by Crippen LogP contribution is 2.64. The van der Waals surface area contributed by atoms with Crippen LogP contribution in [0.3, 0.4) is 0 Å². The van der Waals surface area contributed by atoms with E-state index >= 15 is 0 Å². The van der Waals surface area contributed by atoms with Crippen molar-refractivity contribution in [2.75, 3.05) is 0 Å². The van der Waals surface area contributed by atoms with E-state index in [-0.39, 0.29) is 16.9 Å². The molecule has 0 amide bonds. The maximum absolute atomic E-state index is 5.58. The van der Waals surface area contributed by atoms with E-state index in [1.165, 1.54) is 71.1 Å². The van der Waals surface area contributed by atoms with Crippen LogP contribution in [0.15, 0.2) is 180 Å². The van der Waals surface area contributed by atoms with Gasteiger partial charge in [0.2, 0.25) is 0 Å². The average molecular weight is 737 g/mol. The average Bonchev–Trinajstić information content (AvgIpc) is 3.67. The van der Waals surface area contributed by atoms with Crippen molar-refractivity contribution in [2.45, 2.75) is 68.7 Å². The van der Waals surface area contributed by atoms with Crippen LogP contribution in [0.2, 0.25) is 0 Å². The first-order valence-electron chi connectivity index (χ1n) is 21.0. The Labute approximate surface area is 337 Å². The highest BCUT2D eigenvalue weighted by molar-refractivity contribution is 6.12. The van der Waals surface area contributed by atoms with Crippen molar-refractivity contribution < 1.29 is 0 Å². The van der Waals surface area contributed by atoms with Crippen LogP contribution < -0.4 is 5.32 Å². The molecule has 1 saturated carbocycles. The van der Waals surface area contributed by atoms with E-state index in [1.54, 1.807) is 11.1 Å². The molecule has 6 aromatic rings. The molecule has 5 aliphatic rings. The number of nitrogens with zero attached hydrogens (tertiary/aromatic N) is 1. The van der Waals surface area contributed by atoms with Gasteiger partial charge in [0.25, 0.3) is 0 Å². The predicted octanol–water partition coefficient (Wildman–Crippen LogP) is 13.2. The normalized spacial score (nSPS) is 22.4. The van der Waals surface area contributed by atoms with Crippen molar-refractivity contribution in [3.05, 3.63) is 220 Å². The van der Waals surface area contributed by atoms with Crippen LogP contribution in [0.5, 0.6) is 0 Å². The number of fused-ring (bicyclic) bond motifs is 8. The van der Waals surface area contributed by atoms with E-state index in [1.807, 2.05) is 0 Å². The van der Waals surface area contributed by atoms with Gasteiger partial charge in [0.05, 0.1) is 23.1 Å². The van der Waals surface area contributed by atoms with Crippen molar-refractivity contribution in [3.63, 3.8) is 0 Å². The number of hydrogen-bond acceptors (Lipinski definition) is 2. The van der Waals surface area contributed by atoms with Gasteiger partial charge >= 0.3 is 0 Å². The molecule has 6 aromatic carbocycles. The number of rotatable bonds is 5. The summed E-state index contributed by atoms with van der Waals surface area (Å²) in [6, 6.07) is 57.6. The predicted molar refractivity (Wildman–Crippen MR) is 237 cm³/mol. The number of aliphatic imine (C=N–C) groups is 1. The van der Waals surface area contributed by atoms with Gasteiger partial charge < -0.3 is 5.32 Å². The van der Waals surface area contributed by atoms with Crippen LogP contribution in [0, 0.1) is 5.92 Å². The van der Waals surface area contributed by atoms with E-state index in [0.29, 0.717) is 11.8 Å². The Morgan fingerprint density at radius 2 is 1.19 bits per heavy atom. The summed E-state index contributed by atoms with van der Waals surface area (Å²) in [4.78, 5) is 5.58. The Bertz CT molecular complexity index is 2630. The fourth-order valence-electron chi connectivity index (χ4n) is 11.3. The second-order valence-electron chi connectivity index (χ2n) is 17.4. The highest BCUT2D eigenvalue weighted by atomic mass is 15.0. The van der Waals surface area contributed by atoms with Gasteiger partial charge in [-0.3, -0.25) is 0 Å². The molecule has 2 heteroatoms. The number of benzene rings is 6. The molecule has 0 saturated heterocycles. The first kappa shape index (κ1) is 34.3. The maximum Gasteiger partial charge on any atom is 0.0947 e. The van der Waals surface area contributed by atoms with Crippen LogP contribution in [0.1, 0.15) is 102 Å². The Morgan fingerprint density at radius 1 is 0.561 bits per heavy atom. The second-order valence-corrected chi connectivity index (χ2v) is 17.4. The molecule has 1 fully saturated rings. The van der Waals surface area contributed by atoms with E-state index in [9.17, 15) is 0 Å². The lowest BCUT2D eigenvalue weighted by atomic mass is 9.62. The number of hydrogen-bond donors (Lipinski definition) is 1. The quantitative estimate of drug-likeness (QED) is 0.187. The molecule has 11 rings (SSSR count). The fourth-order valence-corrected chi connectivity index (χ4v) is 11.3. The largest absolute Gasteiger partial charge is 0.370 e. The monoisotopic (exact) mass is 736 g/mol. The summed E-state index contributed by atoms with van der Waals surface area (Å²) in [6.07, 6.45) is 12.1. The van der Waals surface area contributed by atoms with Crippen molar-refractivity contribution in [1.29, 1.82) is 0 Å². The number of nitrogens with one attached hydrogen (secondary N) is 1. The first-order chi connectivity index (χ1) is 28.0. The van der Waals surface area contributed by atoms with Crippen molar-refractivity contribution in [3.8, 4) is 11.1 Å². The zero-order valence-corrected chi connectivity index (χ0v) is 32.9. The van der Waals surface area contributed by atoms with Gasteiger partial charge in [0, 0.05) is 22.3 Å². The molecule has 0 aromatic heterocycles. The first-order valence-corrected chi connectivity index (χ1v) is 21.0. The lowest BCUT2D eigenvalue weighted by Gasteiger charge is -2.42. The Balaban J connectivity index is 1.03. The summed E-state index contributed by atoms with van der Waals surface area (Å²) in [5.41, 5.74) is 19.4. The zero-order chi connectivity index (χ0) is 38.1. The van der Waals surface area contributed by atoms with E-state index in [4.69, 9.17) is 4.99 Å². The zero-order valence-electron chi connectivity index (χ0n) is 32.9. The van der Waals surface area contributed by atoms with Crippen LogP contribution in [-0.2, 0) is 10.8 Å².